The molecule has 0 bridgehead atoms. The van der Waals surface area contributed by atoms with Gasteiger partial charge >= 0.3 is 0 Å². The van der Waals surface area contributed by atoms with E-state index in [4.69, 9.17) is 5.11 Å². The minimum Gasteiger partial charge on any atom is -0.396 e. The van der Waals surface area contributed by atoms with Crippen LogP contribution in [-0.4, -0.2) is 47.6 Å². The molecule has 2 amide bonds. The Labute approximate surface area is 149 Å². The molecule has 1 aromatic rings. The predicted octanol–water partition coefficient (Wildman–Crippen LogP) is 2.37. The summed E-state index contributed by atoms with van der Waals surface area (Å²) in [6.45, 7) is 3.53. The number of amides is 2. The Morgan fingerprint density at radius 2 is 2.04 bits per heavy atom. The molecule has 3 rings (SSSR count). The van der Waals surface area contributed by atoms with E-state index in [1.807, 2.05) is 29.2 Å². The maximum atomic E-state index is 12.9. The number of carbonyl (C=O) groups excluding carboxylic acids is 2. The summed E-state index contributed by atoms with van der Waals surface area (Å²) in [4.78, 5) is 29.1. The van der Waals surface area contributed by atoms with Crippen LogP contribution in [0.5, 0.6) is 0 Å². The first kappa shape index (κ1) is 17.9. The van der Waals surface area contributed by atoms with Gasteiger partial charge in [-0.2, -0.15) is 0 Å². The van der Waals surface area contributed by atoms with Gasteiger partial charge in [-0.15, -0.1) is 0 Å². The van der Waals surface area contributed by atoms with Gasteiger partial charge < -0.3 is 14.9 Å². The SMILES string of the molecule is CCc1ccc(N2CC(C(=O)N3CCCC3CCCO)CC2=O)cc1. The zero-order valence-corrected chi connectivity index (χ0v) is 15.0. The molecule has 0 aliphatic carbocycles. The van der Waals surface area contributed by atoms with Crippen molar-refractivity contribution in [3.63, 3.8) is 0 Å². The van der Waals surface area contributed by atoms with Gasteiger partial charge in [0.2, 0.25) is 11.8 Å². The molecule has 5 nitrogen and oxygen atoms in total. The second-order valence-electron chi connectivity index (χ2n) is 7.12. The molecule has 2 heterocycles. The molecule has 25 heavy (non-hydrogen) atoms. The molecule has 2 fully saturated rings. The summed E-state index contributed by atoms with van der Waals surface area (Å²) < 4.78 is 0. The molecule has 0 saturated carbocycles. The van der Waals surface area contributed by atoms with Crippen LogP contribution in [0.25, 0.3) is 0 Å². The van der Waals surface area contributed by atoms with Crippen LogP contribution in [0.2, 0.25) is 0 Å². The highest BCUT2D eigenvalue weighted by molar-refractivity contribution is 6.00. The molecule has 136 valence electrons. The standard InChI is InChI=1S/C20H28N2O3/c1-2-15-7-9-18(10-8-15)22-14-16(13-19(22)24)20(25)21-11-3-5-17(21)6-4-12-23/h7-10,16-17,23H,2-6,11-14H2,1H3. The zero-order chi connectivity index (χ0) is 17.8. The normalized spacial score (nSPS) is 23.5. The van der Waals surface area contributed by atoms with Gasteiger partial charge in [0.25, 0.3) is 0 Å². The largest absolute Gasteiger partial charge is 0.396 e. The maximum absolute atomic E-state index is 12.9. The van der Waals surface area contributed by atoms with Crippen molar-refractivity contribution in [3.8, 4) is 0 Å². The van der Waals surface area contributed by atoms with E-state index in [9.17, 15) is 9.59 Å². The van der Waals surface area contributed by atoms with Crippen LogP contribution in [-0.2, 0) is 16.0 Å². The van der Waals surface area contributed by atoms with Crippen LogP contribution in [0.4, 0.5) is 5.69 Å². The highest BCUT2D eigenvalue weighted by Gasteiger charge is 2.40. The van der Waals surface area contributed by atoms with E-state index in [1.165, 1.54) is 5.56 Å². The molecular formula is C20H28N2O3. The molecule has 2 atom stereocenters. The Balaban J connectivity index is 1.65. The number of aliphatic hydroxyl groups excluding tert-OH is 1. The first-order valence-corrected chi connectivity index (χ1v) is 9.44. The van der Waals surface area contributed by atoms with Crippen molar-refractivity contribution in [2.45, 2.75) is 51.5 Å². The van der Waals surface area contributed by atoms with E-state index in [-0.39, 0.29) is 30.4 Å². The van der Waals surface area contributed by atoms with Gasteiger partial charge in [-0.1, -0.05) is 19.1 Å². The van der Waals surface area contributed by atoms with Crippen molar-refractivity contribution in [2.75, 3.05) is 24.6 Å². The highest BCUT2D eigenvalue weighted by atomic mass is 16.3. The Bertz CT molecular complexity index is 614. The molecule has 0 spiro atoms. The van der Waals surface area contributed by atoms with Gasteiger partial charge in [0.15, 0.2) is 0 Å². The fourth-order valence-electron chi connectivity index (χ4n) is 4.02. The quantitative estimate of drug-likeness (QED) is 0.862. The van der Waals surface area contributed by atoms with Crippen LogP contribution in [0.1, 0.15) is 44.6 Å². The average Bonchev–Trinajstić information content (AvgIpc) is 3.26. The van der Waals surface area contributed by atoms with E-state index < -0.39 is 0 Å². The number of likely N-dealkylation sites (tertiary alicyclic amines) is 1. The minimum absolute atomic E-state index is 0.0358. The lowest BCUT2D eigenvalue weighted by Gasteiger charge is -2.27. The molecule has 1 aromatic carbocycles. The Morgan fingerprint density at radius 1 is 1.28 bits per heavy atom. The lowest BCUT2D eigenvalue weighted by atomic mass is 10.0. The van der Waals surface area contributed by atoms with Gasteiger partial charge in [-0.05, 0) is 49.8 Å². The lowest BCUT2D eigenvalue weighted by Crippen LogP contribution is -2.40. The molecule has 2 aliphatic rings. The predicted molar refractivity (Wildman–Crippen MR) is 97.3 cm³/mol. The fourth-order valence-corrected chi connectivity index (χ4v) is 4.02. The number of aliphatic hydroxyl groups is 1. The molecule has 5 heteroatoms. The van der Waals surface area contributed by atoms with Crippen molar-refractivity contribution < 1.29 is 14.7 Å². The Morgan fingerprint density at radius 3 is 2.72 bits per heavy atom. The third kappa shape index (κ3) is 3.87. The van der Waals surface area contributed by atoms with Crippen molar-refractivity contribution in [2.24, 2.45) is 5.92 Å². The minimum atomic E-state index is -0.243. The summed E-state index contributed by atoms with van der Waals surface area (Å²) in [6.07, 6.45) is 4.88. The van der Waals surface area contributed by atoms with E-state index >= 15 is 0 Å². The van der Waals surface area contributed by atoms with E-state index in [2.05, 4.69) is 6.92 Å². The van der Waals surface area contributed by atoms with Crippen LogP contribution < -0.4 is 4.90 Å². The molecular weight excluding hydrogens is 316 g/mol. The summed E-state index contributed by atoms with van der Waals surface area (Å²) in [7, 11) is 0. The fraction of sp³-hybridized carbons (Fsp3) is 0.600. The second-order valence-corrected chi connectivity index (χ2v) is 7.12. The summed E-state index contributed by atoms with van der Waals surface area (Å²) in [5.41, 5.74) is 2.13. The molecule has 2 aliphatic heterocycles. The summed E-state index contributed by atoms with van der Waals surface area (Å²) in [6, 6.07) is 8.27. The van der Waals surface area contributed by atoms with Crippen molar-refractivity contribution in [1.82, 2.24) is 4.90 Å². The van der Waals surface area contributed by atoms with Crippen LogP contribution in [0.15, 0.2) is 24.3 Å². The number of anilines is 1. The number of hydrogen-bond acceptors (Lipinski definition) is 3. The molecule has 2 unspecified atom stereocenters. The summed E-state index contributed by atoms with van der Waals surface area (Å²) in [5, 5.41) is 9.04. The molecule has 0 radical (unpaired) electrons. The molecule has 1 N–H and O–H groups in total. The zero-order valence-electron chi connectivity index (χ0n) is 15.0. The van der Waals surface area contributed by atoms with E-state index in [0.717, 1.165) is 44.3 Å². The van der Waals surface area contributed by atoms with Crippen LogP contribution in [0, 0.1) is 5.92 Å². The molecule has 2 saturated heterocycles. The van der Waals surface area contributed by atoms with E-state index in [0.29, 0.717) is 13.0 Å². The van der Waals surface area contributed by atoms with Gasteiger partial charge in [0.1, 0.15) is 0 Å². The second kappa shape index (κ2) is 8.00. The van der Waals surface area contributed by atoms with Gasteiger partial charge in [-0.3, -0.25) is 9.59 Å². The highest BCUT2D eigenvalue weighted by Crippen LogP contribution is 2.30. The van der Waals surface area contributed by atoms with Gasteiger partial charge in [0.05, 0.1) is 5.92 Å². The number of benzene rings is 1. The summed E-state index contributed by atoms with van der Waals surface area (Å²) in [5.74, 6) is -0.0942. The number of rotatable bonds is 6. The number of hydrogen-bond donors (Lipinski definition) is 1. The van der Waals surface area contributed by atoms with Crippen molar-refractivity contribution >= 4 is 17.5 Å². The molecule has 0 aromatic heterocycles. The third-order valence-corrected chi connectivity index (χ3v) is 5.49. The van der Waals surface area contributed by atoms with Gasteiger partial charge in [-0.25, -0.2) is 0 Å². The number of nitrogens with zero attached hydrogens (tertiary/aromatic N) is 2. The number of carbonyl (C=O) groups is 2. The topological polar surface area (TPSA) is 60.9 Å². The first-order valence-electron chi connectivity index (χ1n) is 9.44. The summed E-state index contributed by atoms with van der Waals surface area (Å²) >= 11 is 0. The smallest absolute Gasteiger partial charge is 0.228 e. The Hall–Kier alpha value is -1.88. The van der Waals surface area contributed by atoms with Gasteiger partial charge in [0, 0.05) is 37.8 Å². The van der Waals surface area contributed by atoms with E-state index in [1.54, 1.807) is 4.90 Å². The lowest BCUT2D eigenvalue weighted by molar-refractivity contribution is -0.136. The average molecular weight is 344 g/mol. The van der Waals surface area contributed by atoms with Crippen molar-refractivity contribution in [3.05, 3.63) is 29.8 Å². The van der Waals surface area contributed by atoms with Crippen molar-refractivity contribution in [1.29, 1.82) is 0 Å². The Kier molecular flexibility index (Phi) is 5.74. The maximum Gasteiger partial charge on any atom is 0.228 e. The number of aryl methyl sites for hydroxylation is 1. The van der Waals surface area contributed by atoms with Crippen LogP contribution >= 0.6 is 0 Å². The monoisotopic (exact) mass is 344 g/mol. The third-order valence-electron chi connectivity index (χ3n) is 5.49. The first-order chi connectivity index (χ1) is 12.1. The van der Waals surface area contributed by atoms with Crippen LogP contribution in [0.3, 0.4) is 0 Å².